The molecule has 0 aliphatic rings. The molecule has 0 aliphatic carbocycles. The van der Waals surface area contributed by atoms with Crippen molar-refractivity contribution < 1.29 is 9.90 Å². The van der Waals surface area contributed by atoms with Crippen LogP contribution in [0.3, 0.4) is 0 Å². The van der Waals surface area contributed by atoms with Crippen molar-refractivity contribution in [1.29, 1.82) is 0 Å². The van der Waals surface area contributed by atoms with Crippen molar-refractivity contribution in [3.8, 4) is 16.3 Å². The summed E-state index contributed by atoms with van der Waals surface area (Å²) in [7, 11) is 0. The van der Waals surface area contributed by atoms with Crippen LogP contribution in [0.5, 0.6) is 0 Å². The van der Waals surface area contributed by atoms with Crippen LogP contribution >= 0.6 is 11.3 Å². The summed E-state index contributed by atoms with van der Waals surface area (Å²) in [5.74, 6) is -0.977. The molecule has 0 unspecified atom stereocenters. The van der Waals surface area contributed by atoms with Crippen molar-refractivity contribution in [1.82, 2.24) is 19.2 Å². The van der Waals surface area contributed by atoms with Crippen molar-refractivity contribution >= 4 is 23.0 Å². The molecule has 25 heavy (non-hydrogen) atoms. The second-order valence-electron chi connectivity index (χ2n) is 5.75. The summed E-state index contributed by atoms with van der Waals surface area (Å²) in [5.41, 5.74) is 3.43. The Balaban J connectivity index is 2.03. The number of carboxylic acid groups (broad SMARTS) is 1. The van der Waals surface area contributed by atoms with E-state index in [0.717, 1.165) is 22.7 Å². The molecule has 0 saturated carbocycles. The number of aryl methyl sites for hydroxylation is 2. The molecule has 0 radical (unpaired) electrons. The molecule has 4 heterocycles. The van der Waals surface area contributed by atoms with Gasteiger partial charge >= 0.3 is 5.97 Å². The third-order valence-electron chi connectivity index (χ3n) is 4.14. The summed E-state index contributed by atoms with van der Waals surface area (Å²) in [5, 5.41) is 13.9. The zero-order chi connectivity index (χ0) is 17.6. The fourth-order valence-electron chi connectivity index (χ4n) is 2.91. The first-order chi connectivity index (χ1) is 12.1. The van der Waals surface area contributed by atoms with E-state index in [4.69, 9.17) is 0 Å². The van der Waals surface area contributed by atoms with Crippen LogP contribution in [0.4, 0.5) is 0 Å². The second-order valence-corrected chi connectivity index (χ2v) is 7.04. The Kier molecular flexibility index (Phi) is 3.65. The van der Waals surface area contributed by atoms with Crippen molar-refractivity contribution in [3.63, 3.8) is 0 Å². The van der Waals surface area contributed by atoms with E-state index in [1.165, 1.54) is 4.88 Å². The normalized spacial score (nSPS) is 11.3. The highest BCUT2D eigenvalue weighted by Gasteiger charge is 2.17. The highest BCUT2D eigenvalue weighted by molar-refractivity contribution is 7.15. The summed E-state index contributed by atoms with van der Waals surface area (Å²) in [6, 6.07) is 7.63. The van der Waals surface area contributed by atoms with E-state index in [9.17, 15) is 9.90 Å². The molecular formula is C18H16N4O2S. The smallest absolute Gasteiger partial charge is 0.337 e. The summed E-state index contributed by atoms with van der Waals surface area (Å²) in [6.45, 7) is 4.08. The molecule has 0 amide bonds. The largest absolute Gasteiger partial charge is 0.478 e. The number of aromatic carboxylic acids is 1. The zero-order valence-electron chi connectivity index (χ0n) is 13.8. The maximum Gasteiger partial charge on any atom is 0.337 e. The van der Waals surface area contributed by atoms with Gasteiger partial charge < -0.3 is 5.11 Å². The van der Waals surface area contributed by atoms with Crippen LogP contribution in [0.15, 0.2) is 42.9 Å². The van der Waals surface area contributed by atoms with E-state index in [2.05, 4.69) is 10.1 Å². The van der Waals surface area contributed by atoms with E-state index in [1.54, 1.807) is 40.7 Å². The maximum absolute atomic E-state index is 11.6. The molecule has 0 aliphatic heterocycles. The average molecular weight is 352 g/mol. The first-order valence-corrected chi connectivity index (χ1v) is 8.74. The van der Waals surface area contributed by atoms with Crippen LogP contribution in [-0.2, 0) is 6.42 Å². The van der Waals surface area contributed by atoms with Gasteiger partial charge in [-0.1, -0.05) is 6.92 Å². The summed E-state index contributed by atoms with van der Waals surface area (Å²) >= 11 is 1.65. The van der Waals surface area contributed by atoms with Gasteiger partial charge in [0.25, 0.3) is 0 Å². The summed E-state index contributed by atoms with van der Waals surface area (Å²) < 4.78 is 3.60. The summed E-state index contributed by atoms with van der Waals surface area (Å²) in [6.07, 6.45) is 5.91. The van der Waals surface area contributed by atoms with Gasteiger partial charge in [-0.25, -0.2) is 14.5 Å². The SMILES string of the molecule is CCc1ccnn1-c1cc(C(=O)O)cn2c(-c3ccc(C)s3)cnc12. The van der Waals surface area contributed by atoms with Crippen molar-refractivity contribution in [2.45, 2.75) is 20.3 Å². The Morgan fingerprint density at radius 3 is 2.84 bits per heavy atom. The van der Waals surface area contributed by atoms with E-state index in [-0.39, 0.29) is 5.56 Å². The molecule has 0 bridgehead atoms. The van der Waals surface area contributed by atoms with Gasteiger partial charge in [-0.3, -0.25) is 4.40 Å². The standard InChI is InChI=1S/C18H16N4O2S/c1-3-13-6-7-20-22(13)14-8-12(18(23)24)10-21-15(9-19-17(14)21)16-5-4-11(2)25-16/h4-10H,3H2,1-2H3,(H,23,24). The lowest BCUT2D eigenvalue weighted by molar-refractivity contribution is 0.0696. The van der Waals surface area contributed by atoms with Crippen LogP contribution in [0, 0.1) is 6.92 Å². The molecule has 7 heteroatoms. The zero-order valence-corrected chi connectivity index (χ0v) is 14.6. The molecule has 4 rings (SSSR count). The molecule has 4 aromatic heterocycles. The Bertz CT molecular complexity index is 1090. The lowest BCUT2D eigenvalue weighted by atomic mass is 10.2. The van der Waals surface area contributed by atoms with E-state index < -0.39 is 5.97 Å². The van der Waals surface area contributed by atoms with Crippen molar-refractivity contribution in [2.75, 3.05) is 0 Å². The number of nitrogens with zero attached hydrogens (tertiary/aromatic N) is 4. The number of fused-ring (bicyclic) bond motifs is 1. The second kappa shape index (κ2) is 5.86. The fraction of sp³-hybridized carbons (Fsp3) is 0.167. The van der Waals surface area contributed by atoms with E-state index in [1.807, 2.05) is 36.4 Å². The van der Waals surface area contributed by atoms with Gasteiger partial charge in [-0.05, 0) is 37.6 Å². The van der Waals surface area contributed by atoms with Gasteiger partial charge in [0.2, 0.25) is 0 Å². The third kappa shape index (κ3) is 2.53. The fourth-order valence-corrected chi connectivity index (χ4v) is 3.79. The lowest BCUT2D eigenvalue weighted by Crippen LogP contribution is -2.08. The van der Waals surface area contributed by atoms with Crippen LogP contribution < -0.4 is 0 Å². The number of aromatic nitrogens is 4. The maximum atomic E-state index is 11.6. The first kappa shape index (κ1) is 15.6. The molecule has 0 aromatic carbocycles. The van der Waals surface area contributed by atoms with Gasteiger partial charge in [0, 0.05) is 23.0 Å². The van der Waals surface area contributed by atoms with Gasteiger partial charge in [-0.15, -0.1) is 11.3 Å². The monoisotopic (exact) mass is 352 g/mol. The number of hydrogen-bond acceptors (Lipinski definition) is 4. The number of hydrogen-bond donors (Lipinski definition) is 1. The van der Waals surface area contributed by atoms with Gasteiger partial charge in [0.15, 0.2) is 5.65 Å². The average Bonchev–Trinajstić information content (AvgIpc) is 3.31. The van der Waals surface area contributed by atoms with Crippen LogP contribution in [0.25, 0.3) is 21.9 Å². The van der Waals surface area contributed by atoms with Gasteiger partial charge in [0.1, 0.15) is 5.69 Å². The third-order valence-corrected chi connectivity index (χ3v) is 5.16. The number of imidazole rings is 1. The van der Waals surface area contributed by atoms with Crippen molar-refractivity contribution in [3.05, 3.63) is 59.0 Å². The minimum Gasteiger partial charge on any atom is -0.478 e. The van der Waals surface area contributed by atoms with Crippen molar-refractivity contribution in [2.24, 2.45) is 0 Å². The first-order valence-electron chi connectivity index (χ1n) is 7.93. The van der Waals surface area contributed by atoms with E-state index in [0.29, 0.717) is 11.3 Å². The molecule has 1 N–H and O–H groups in total. The Hall–Kier alpha value is -2.93. The summed E-state index contributed by atoms with van der Waals surface area (Å²) in [4.78, 5) is 18.4. The molecule has 126 valence electrons. The van der Waals surface area contributed by atoms with Gasteiger partial charge in [0.05, 0.1) is 22.3 Å². The molecular weight excluding hydrogens is 336 g/mol. The van der Waals surface area contributed by atoms with E-state index >= 15 is 0 Å². The molecule has 6 nitrogen and oxygen atoms in total. The number of rotatable bonds is 4. The van der Waals surface area contributed by atoms with Crippen LogP contribution in [0.1, 0.15) is 27.9 Å². The predicted octanol–water partition coefficient (Wildman–Crippen LogP) is 3.82. The number of thiophene rings is 1. The van der Waals surface area contributed by atoms with Gasteiger partial charge in [-0.2, -0.15) is 5.10 Å². The minimum absolute atomic E-state index is 0.201. The van der Waals surface area contributed by atoms with Crippen LogP contribution in [0.2, 0.25) is 0 Å². The molecule has 4 aromatic rings. The predicted molar refractivity (Wildman–Crippen MR) is 96.7 cm³/mol. The molecule has 0 fully saturated rings. The lowest BCUT2D eigenvalue weighted by Gasteiger charge is -2.10. The van der Waals surface area contributed by atoms with Crippen LogP contribution in [-0.4, -0.2) is 30.2 Å². The number of carbonyl (C=O) groups is 1. The highest BCUT2D eigenvalue weighted by Crippen LogP contribution is 2.30. The number of pyridine rings is 1. The molecule has 0 saturated heterocycles. The quantitative estimate of drug-likeness (QED) is 0.606. The topological polar surface area (TPSA) is 72.4 Å². The Labute approximate surface area is 148 Å². The Morgan fingerprint density at radius 2 is 2.16 bits per heavy atom. The highest BCUT2D eigenvalue weighted by atomic mass is 32.1. The minimum atomic E-state index is -0.977. The Morgan fingerprint density at radius 1 is 1.32 bits per heavy atom. The number of carboxylic acids is 1. The molecule has 0 atom stereocenters. The molecule has 0 spiro atoms.